The predicted octanol–water partition coefficient (Wildman–Crippen LogP) is 5.20. The van der Waals surface area contributed by atoms with Crippen LogP contribution in [-0.2, 0) is 9.59 Å². The summed E-state index contributed by atoms with van der Waals surface area (Å²) in [6, 6.07) is 24.0. The molecule has 0 radical (unpaired) electrons. The minimum absolute atomic E-state index is 0.220. The molecule has 8 nitrogen and oxygen atoms in total. The Morgan fingerprint density at radius 3 is 2.43 bits per heavy atom. The van der Waals surface area contributed by atoms with Crippen molar-refractivity contribution in [1.82, 2.24) is 5.43 Å². The van der Waals surface area contributed by atoms with Crippen molar-refractivity contribution >= 4 is 52.1 Å². The molecule has 2 N–H and O–H groups in total. The first-order chi connectivity index (χ1) is 17.9. The van der Waals surface area contributed by atoms with E-state index in [0.29, 0.717) is 34.2 Å². The molecule has 4 rings (SSSR count). The van der Waals surface area contributed by atoms with E-state index in [1.54, 1.807) is 61.5 Å². The topological polar surface area (TPSA) is 106 Å². The number of nitrogens with zero attached hydrogens (tertiary/aromatic N) is 1. The van der Waals surface area contributed by atoms with E-state index < -0.39 is 17.8 Å². The van der Waals surface area contributed by atoms with Gasteiger partial charge in [-0.15, -0.1) is 0 Å². The van der Waals surface area contributed by atoms with Crippen molar-refractivity contribution < 1.29 is 23.9 Å². The Labute approximate surface area is 217 Å². The number of halogens is 1. The van der Waals surface area contributed by atoms with Crippen LogP contribution in [0.25, 0.3) is 10.8 Å². The number of anilines is 1. The van der Waals surface area contributed by atoms with Crippen LogP contribution < -0.4 is 20.2 Å². The zero-order valence-corrected chi connectivity index (χ0v) is 20.5. The third-order valence-corrected chi connectivity index (χ3v) is 5.43. The minimum Gasteiger partial charge on any atom is -0.490 e. The maximum atomic E-state index is 12.4. The van der Waals surface area contributed by atoms with Gasteiger partial charge in [0.15, 0.2) is 11.5 Å². The summed E-state index contributed by atoms with van der Waals surface area (Å²) in [5.41, 5.74) is 3.61. The van der Waals surface area contributed by atoms with Crippen LogP contribution in [0, 0.1) is 0 Å². The van der Waals surface area contributed by atoms with Gasteiger partial charge >= 0.3 is 17.8 Å². The molecule has 0 bridgehead atoms. The van der Waals surface area contributed by atoms with E-state index in [4.69, 9.17) is 21.1 Å². The predicted molar refractivity (Wildman–Crippen MR) is 142 cm³/mol. The number of esters is 1. The molecule has 0 aliphatic heterocycles. The summed E-state index contributed by atoms with van der Waals surface area (Å²) in [4.78, 5) is 37.0. The van der Waals surface area contributed by atoms with Crippen molar-refractivity contribution in [2.75, 3.05) is 11.9 Å². The van der Waals surface area contributed by atoms with Crippen LogP contribution in [-0.4, -0.2) is 30.6 Å². The van der Waals surface area contributed by atoms with Crippen molar-refractivity contribution in [3.63, 3.8) is 0 Å². The zero-order chi connectivity index (χ0) is 26.2. The smallest absolute Gasteiger partial charge is 0.343 e. The van der Waals surface area contributed by atoms with Crippen molar-refractivity contribution in [2.45, 2.75) is 6.92 Å². The summed E-state index contributed by atoms with van der Waals surface area (Å²) in [7, 11) is 0. The molecule has 0 atom stereocenters. The summed E-state index contributed by atoms with van der Waals surface area (Å²) in [5.74, 6) is -1.81. The van der Waals surface area contributed by atoms with Gasteiger partial charge in [0.2, 0.25) is 0 Å². The Morgan fingerprint density at radius 1 is 0.892 bits per heavy atom. The molecule has 186 valence electrons. The molecule has 0 aliphatic carbocycles. The molecule has 0 aliphatic rings. The highest BCUT2D eigenvalue weighted by atomic mass is 35.5. The Kier molecular flexibility index (Phi) is 8.12. The molecule has 37 heavy (non-hydrogen) atoms. The van der Waals surface area contributed by atoms with Crippen LogP contribution in [0.15, 0.2) is 90.0 Å². The Balaban J connectivity index is 1.40. The zero-order valence-electron chi connectivity index (χ0n) is 19.7. The molecule has 0 heterocycles. The average molecular weight is 516 g/mol. The summed E-state index contributed by atoms with van der Waals surface area (Å²) >= 11 is 5.86. The fraction of sp³-hybridized carbons (Fsp3) is 0.0714. The van der Waals surface area contributed by atoms with Gasteiger partial charge < -0.3 is 14.8 Å². The normalized spacial score (nSPS) is 10.8. The number of carbonyl (C=O) groups is 3. The molecule has 0 spiro atoms. The van der Waals surface area contributed by atoms with Crippen LogP contribution in [0.5, 0.6) is 11.5 Å². The standard InChI is InChI=1S/C28H22ClN3O5/c1-2-36-25-16-18(10-15-24(25)37-28(35)20-11-13-21(29)14-12-20)17-30-32-27(34)26(33)31-23-9-5-7-19-6-3-4-8-22(19)23/h3-17H,2H2,1H3,(H,31,33)(H,32,34)/b30-17-. The summed E-state index contributed by atoms with van der Waals surface area (Å²) in [5, 5.41) is 8.71. The van der Waals surface area contributed by atoms with Gasteiger partial charge in [0.25, 0.3) is 0 Å². The minimum atomic E-state index is -0.928. The van der Waals surface area contributed by atoms with Crippen molar-refractivity contribution in [2.24, 2.45) is 5.10 Å². The first-order valence-electron chi connectivity index (χ1n) is 11.3. The molecule has 2 amide bonds. The number of hydrogen-bond donors (Lipinski definition) is 2. The number of hydrazone groups is 1. The van der Waals surface area contributed by atoms with Crippen LogP contribution >= 0.6 is 11.6 Å². The third-order valence-electron chi connectivity index (χ3n) is 5.17. The molecule has 0 saturated heterocycles. The highest BCUT2D eigenvalue weighted by Crippen LogP contribution is 2.29. The van der Waals surface area contributed by atoms with E-state index in [0.717, 1.165) is 10.8 Å². The Bertz CT molecular complexity index is 1480. The lowest BCUT2D eigenvalue weighted by molar-refractivity contribution is -0.136. The molecular weight excluding hydrogens is 494 g/mol. The quantitative estimate of drug-likeness (QED) is 0.116. The van der Waals surface area contributed by atoms with Crippen LogP contribution in [0.4, 0.5) is 5.69 Å². The van der Waals surface area contributed by atoms with E-state index in [9.17, 15) is 14.4 Å². The average Bonchev–Trinajstić information content (AvgIpc) is 2.90. The number of hydrogen-bond acceptors (Lipinski definition) is 6. The SMILES string of the molecule is CCOc1cc(/C=N\NC(=O)C(=O)Nc2cccc3ccccc23)ccc1OC(=O)c1ccc(Cl)cc1. The van der Waals surface area contributed by atoms with Gasteiger partial charge in [-0.05, 0) is 66.4 Å². The largest absolute Gasteiger partial charge is 0.490 e. The Morgan fingerprint density at radius 2 is 1.65 bits per heavy atom. The summed E-state index contributed by atoms with van der Waals surface area (Å²) < 4.78 is 11.1. The summed E-state index contributed by atoms with van der Waals surface area (Å²) in [6.45, 7) is 2.12. The molecular formula is C28H22ClN3O5. The van der Waals surface area contributed by atoms with Crippen molar-refractivity contribution in [3.05, 3.63) is 101 Å². The number of nitrogens with one attached hydrogen (secondary N) is 2. The molecule has 4 aromatic carbocycles. The molecule has 4 aromatic rings. The lowest BCUT2D eigenvalue weighted by Crippen LogP contribution is -2.32. The maximum Gasteiger partial charge on any atom is 0.343 e. The van der Waals surface area contributed by atoms with E-state index in [2.05, 4.69) is 15.8 Å². The van der Waals surface area contributed by atoms with Gasteiger partial charge in [-0.25, -0.2) is 10.2 Å². The van der Waals surface area contributed by atoms with Crippen molar-refractivity contribution in [3.8, 4) is 11.5 Å². The number of ether oxygens (including phenoxy) is 2. The van der Waals surface area contributed by atoms with Crippen LogP contribution in [0.2, 0.25) is 5.02 Å². The van der Waals surface area contributed by atoms with Gasteiger partial charge in [0, 0.05) is 16.1 Å². The third kappa shape index (κ3) is 6.50. The van der Waals surface area contributed by atoms with Crippen molar-refractivity contribution in [1.29, 1.82) is 0 Å². The number of amides is 2. The number of fused-ring (bicyclic) bond motifs is 1. The molecule has 9 heteroatoms. The van der Waals surface area contributed by atoms with E-state index >= 15 is 0 Å². The first kappa shape index (κ1) is 25.4. The van der Waals surface area contributed by atoms with Gasteiger partial charge in [-0.2, -0.15) is 5.10 Å². The molecule has 0 aromatic heterocycles. The number of rotatable bonds is 7. The molecule has 0 fully saturated rings. The fourth-order valence-electron chi connectivity index (χ4n) is 3.43. The van der Waals surface area contributed by atoms with Gasteiger partial charge in [-0.1, -0.05) is 48.0 Å². The van der Waals surface area contributed by atoms with Gasteiger partial charge in [0.05, 0.1) is 18.4 Å². The highest BCUT2D eigenvalue weighted by molar-refractivity contribution is 6.40. The number of benzene rings is 4. The second-order valence-electron chi connectivity index (χ2n) is 7.72. The Hall–Kier alpha value is -4.69. The fourth-order valence-corrected chi connectivity index (χ4v) is 3.56. The monoisotopic (exact) mass is 515 g/mol. The molecule has 0 unspecified atom stereocenters. The first-order valence-corrected chi connectivity index (χ1v) is 11.7. The lowest BCUT2D eigenvalue weighted by atomic mass is 10.1. The van der Waals surface area contributed by atoms with E-state index in [1.807, 2.05) is 30.3 Å². The van der Waals surface area contributed by atoms with Crippen LogP contribution in [0.3, 0.4) is 0 Å². The van der Waals surface area contributed by atoms with Crippen LogP contribution in [0.1, 0.15) is 22.8 Å². The van der Waals surface area contributed by atoms with Gasteiger partial charge in [-0.3, -0.25) is 9.59 Å². The van der Waals surface area contributed by atoms with E-state index in [1.165, 1.54) is 6.21 Å². The lowest BCUT2D eigenvalue weighted by Gasteiger charge is -2.11. The highest BCUT2D eigenvalue weighted by Gasteiger charge is 2.15. The second-order valence-corrected chi connectivity index (χ2v) is 8.15. The second kappa shape index (κ2) is 11.8. The van der Waals surface area contributed by atoms with Gasteiger partial charge in [0.1, 0.15) is 0 Å². The maximum absolute atomic E-state index is 12.4. The molecule has 0 saturated carbocycles. The van der Waals surface area contributed by atoms with E-state index in [-0.39, 0.29) is 5.75 Å². The number of carbonyl (C=O) groups excluding carboxylic acids is 3. The summed E-state index contributed by atoms with van der Waals surface area (Å²) in [6.07, 6.45) is 1.34.